The molecule has 6 aliphatic rings. The smallest absolute Gasteiger partial charge is 0.157 e. The van der Waals surface area contributed by atoms with Crippen molar-refractivity contribution < 1.29 is 14.6 Å². The highest BCUT2D eigenvalue weighted by molar-refractivity contribution is 5.21. The lowest BCUT2D eigenvalue weighted by atomic mass is 9.33. The van der Waals surface area contributed by atoms with Crippen LogP contribution in [-0.4, -0.2) is 30.7 Å². The summed E-state index contributed by atoms with van der Waals surface area (Å²) in [7, 11) is 0. The van der Waals surface area contributed by atoms with E-state index in [2.05, 4.69) is 41.2 Å². The van der Waals surface area contributed by atoms with Crippen LogP contribution in [0.3, 0.4) is 0 Å². The number of allylic oxidation sites excluding steroid dienone is 1. The number of aliphatic hydroxyl groups excluding tert-OH is 1. The van der Waals surface area contributed by atoms with Crippen LogP contribution in [0.5, 0.6) is 0 Å². The molecule has 1 saturated heterocycles. The van der Waals surface area contributed by atoms with Gasteiger partial charge in [0.1, 0.15) is 0 Å². The average molecular weight is 513 g/mol. The van der Waals surface area contributed by atoms with Gasteiger partial charge >= 0.3 is 0 Å². The first-order valence-corrected chi connectivity index (χ1v) is 16.1. The van der Waals surface area contributed by atoms with Crippen molar-refractivity contribution in [2.24, 2.45) is 57.2 Å². The molecule has 6 rings (SSSR count). The van der Waals surface area contributed by atoms with Gasteiger partial charge in [0.05, 0.1) is 12.7 Å². The molecule has 0 aromatic carbocycles. The van der Waals surface area contributed by atoms with Crippen molar-refractivity contribution in [3.63, 3.8) is 0 Å². The number of ether oxygens (including phenoxy) is 2. The van der Waals surface area contributed by atoms with E-state index in [1.165, 1.54) is 76.2 Å². The fourth-order valence-electron chi connectivity index (χ4n) is 12.2. The maximum Gasteiger partial charge on any atom is 0.157 e. The highest BCUT2D eigenvalue weighted by Gasteiger charge is 2.70. The minimum atomic E-state index is -0.0902. The normalized spacial score (nSPS) is 55.5. The molecule has 0 radical (unpaired) electrons. The third-order valence-electron chi connectivity index (χ3n) is 14.5. The minimum absolute atomic E-state index is 0.0214. The van der Waals surface area contributed by atoms with Crippen LogP contribution in [0.2, 0.25) is 0 Å². The molecule has 0 spiro atoms. The second kappa shape index (κ2) is 9.34. The quantitative estimate of drug-likeness (QED) is 0.386. The van der Waals surface area contributed by atoms with Crippen LogP contribution in [0.4, 0.5) is 0 Å². The van der Waals surface area contributed by atoms with Gasteiger partial charge in [0.15, 0.2) is 6.29 Å². The number of hydrogen-bond donors (Lipinski definition) is 1. The van der Waals surface area contributed by atoms with Crippen LogP contribution in [0, 0.1) is 57.2 Å². The van der Waals surface area contributed by atoms with Crippen molar-refractivity contribution in [1.82, 2.24) is 0 Å². The van der Waals surface area contributed by atoms with E-state index in [1.807, 2.05) is 0 Å². The van der Waals surface area contributed by atoms with E-state index in [9.17, 15) is 5.11 Å². The van der Waals surface area contributed by atoms with E-state index in [4.69, 9.17) is 9.47 Å². The average Bonchev–Trinajstić information content (AvgIpc) is 3.27. The Morgan fingerprint density at radius 2 is 1.70 bits per heavy atom. The van der Waals surface area contributed by atoms with Gasteiger partial charge in [-0.2, -0.15) is 0 Å². The molecule has 5 aliphatic carbocycles. The molecule has 0 bridgehead atoms. The summed E-state index contributed by atoms with van der Waals surface area (Å²) in [5.74, 6) is 4.07. The van der Waals surface area contributed by atoms with E-state index in [1.54, 1.807) is 0 Å². The summed E-state index contributed by atoms with van der Waals surface area (Å²) in [6, 6.07) is 0. The molecule has 5 unspecified atom stereocenters. The van der Waals surface area contributed by atoms with Crippen molar-refractivity contribution in [1.29, 1.82) is 0 Å². The van der Waals surface area contributed by atoms with Gasteiger partial charge in [-0.15, -0.1) is 0 Å². The SMILES string of the molecule is C=C(C)[C@@H]1CC[C@]2(COC3CCCCO3)CC[C@]3(C)C(CCC4[C@@]5(C)CC[C@H](O)[C@H](C)C5CC[C@]43C)C12. The number of rotatable bonds is 4. The Labute approximate surface area is 227 Å². The van der Waals surface area contributed by atoms with Crippen LogP contribution < -0.4 is 0 Å². The van der Waals surface area contributed by atoms with Gasteiger partial charge in [-0.05, 0) is 148 Å². The summed E-state index contributed by atoms with van der Waals surface area (Å²) in [6.07, 6.45) is 16.4. The fourth-order valence-corrected chi connectivity index (χ4v) is 12.2. The van der Waals surface area contributed by atoms with Gasteiger partial charge in [0.2, 0.25) is 0 Å². The van der Waals surface area contributed by atoms with Crippen LogP contribution in [0.15, 0.2) is 12.2 Å². The van der Waals surface area contributed by atoms with Gasteiger partial charge in [-0.1, -0.05) is 39.8 Å². The molecule has 0 amide bonds. The largest absolute Gasteiger partial charge is 0.393 e. The van der Waals surface area contributed by atoms with E-state index < -0.39 is 0 Å². The van der Waals surface area contributed by atoms with E-state index in [-0.39, 0.29) is 12.4 Å². The number of aliphatic hydroxyl groups is 1. The highest BCUT2D eigenvalue weighted by Crippen LogP contribution is 2.76. The monoisotopic (exact) mass is 512 g/mol. The number of hydrogen-bond acceptors (Lipinski definition) is 3. The zero-order chi connectivity index (χ0) is 26.2. The summed E-state index contributed by atoms with van der Waals surface area (Å²) in [6.45, 7) is 19.1. The third kappa shape index (κ3) is 3.82. The van der Waals surface area contributed by atoms with Crippen LogP contribution >= 0.6 is 0 Å². The maximum atomic E-state index is 10.8. The molecule has 3 nitrogen and oxygen atoms in total. The molecular formula is C34H56O3. The van der Waals surface area contributed by atoms with E-state index >= 15 is 0 Å². The first kappa shape index (κ1) is 26.8. The topological polar surface area (TPSA) is 38.7 Å². The first-order chi connectivity index (χ1) is 17.6. The molecular weight excluding hydrogens is 456 g/mol. The Balaban J connectivity index is 1.31. The van der Waals surface area contributed by atoms with Gasteiger partial charge in [0.25, 0.3) is 0 Å². The van der Waals surface area contributed by atoms with Crippen molar-refractivity contribution in [3.8, 4) is 0 Å². The molecule has 37 heavy (non-hydrogen) atoms. The summed E-state index contributed by atoms with van der Waals surface area (Å²) < 4.78 is 12.7. The van der Waals surface area contributed by atoms with Crippen molar-refractivity contribution in [2.45, 2.75) is 130 Å². The minimum Gasteiger partial charge on any atom is -0.393 e. The molecule has 210 valence electrons. The van der Waals surface area contributed by atoms with Crippen LogP contribution in [0.25, 0.3) is 0 Å². The van der Waals surface area contributed by atoms with Crippen LogP contribution in [0.1, 0.15) is 118 Å². The van der Waals surface area contributed by atoms with E-state index in [0.29, 0.717) is 45.3 Å². The number of fused-ring (bicyclic) bond motifs is 7. The van der Waals surface area contributed by atoms with Crippen molar-refractivity contribution >= 4 is 0 Å². The Bertz CT molecular complexity index is 878. The first-order valence-electron chi connectivity index (χ1n) is 16.1. The predicted octanol–water partition coefficient (Wildman–Crippen LogP) is 8.16. The zero-order valence-electron chi connectivity index (χ0n) is 24.7. The molecule has 0 aromatic rings. The maximum absolute atomic E-state index is 10.8. The Morgan fingerprint density at radius 3 is 2.43 bits per heavy atom. The summed E-state index contributed by atoms with van der Waals surface area (Å²) in [4.78, 5) is 0. The van der Waals surface area contributed by atoms with Gasteiger partial charge < -0.3 is 14.6 Å². The summed E-state index contributed by atoms with van der Waals surface area (Å²) in [5, 5.41) is 10.8. The van der Waals surface area contributed by atoms with Crippen molar-refractivity contribution in [3.05, 3.63) is 12.2 Å². The Kier molecular flexibility index (Phi) is 6.77. The second-order valence-corrected chi connectivity index (χ2v) is 15.7. The summed E-state index contributed by atoms with van der Waals surface area (Å²) >= 11 is 0. The third-order valence-corrected chi connectivity index (χ3v) is 14.5. The van der Waals surface area contributed by atoms with Crippen LogP contribution in [-0.2, 0) is 9.47 Å². The van der Waals surface area contributed by atoms with Gasteiger partial charge in [-0.3, -0.25) is 0 Å². The predicted molar refractivity (Wildman–Crippen MR) is 150 cm³/mol. The zero-order valence-corrected chi connectivity index (χ0v) is 24.7. The second-order valence-electron chi connectivity index (χ2n) is 15.7. The molecule has 1 aliphatic heterocycles. The molecule has 1 heterocycles. The lowest BCUT2D eigenvalue weighted by Crippen LogP contribution is -2.65. The summed E-state index contributed by atoms with van der Waals surface area (Å²) in [5.41, 5.74) is 2.89. The molecule has 1 N–H and O–H groups in total. The Hall–Kier alpha value is -0.380. The van der Waals surface area contributed by atoms with Gasteiger partial charge in [-0.25, -0.2) is 0 Å². The van der Waals surface area contributed by atoms with E-state index in [0.717, 1.165) is 37.9 Å². The molecule has 0 aromatic heterocycles. The molecule has 5 saturated carbocycles. The van der Waals surface area contributed by atoms with Gasteiger partial charge in [0, 0.05) is 6.61 Å². The molecule has 3 heteroatoms. The molecule has 6 fully saturated rings. The highest BCUT2D eigenvalue weighted by atomic mass is 16.7. The molecule has 12 atom stereocenters. The standard InChI is InChI=1S/C34H56O3/c1-22(2)24-12-17-34(21-37-29-9-7-8-20-36-29)19-18-32(5)26(30(24)34)10-11-28-31(4)15-14-27(35)23(3)25(31)13-16-33(28,32)6/h23-30,35H,1,7-21H2,2-6H3/t23-,24+,25?,26?,27+,28?,29?,30?,31+,32-,33-,34-/m1/s1. The lowest BCUT2D eigenvalue weighted by molar-refractivity contribution is -0.247. The Morgan fingerprint density at radius 1 is 0.892 bits per heavy atom. The van der Waals surface area contributed by atoms with Crippen molar-refractivity contribution in [2.75, 3.05) is 13.2 Å². The fraction of sp³-hybridized carbons (Fsp3) is 0.941. The lowest BCUT2D eigenvalue weighted by Gasteiger charge is -2.72.